The molecule has 2 rings (SSSR count). The fraction of sp³-hybridized carbons (Fsp3) is 0.286. The van der Waals surface area contributed by atoms with Crippen LogP contribution in [0.4, 0.5) is 11.4 Å². The van der Waals surface area contributed by atoms with Gasteiger partial charge in [0.05, 0.1) is 6.54 Å². The van der Waals surface area contributed by atoms with Crippen molar-refractivity contribution >= 4 is 29.1 Å². The van der Waals surface area contributed by atoms with E-state index in [1.165, 1.54) is 0 Å². The third-order valence-corrected chi connectivity index (χ3v) is 4.16. The summed E-state index contributed by atoms with van der Waals surface area (Å²) < 4.78 is 0. The highest BCUT2D eigenvalue weighted by Gasteiger charge is 2.07. The minimum absolute atomic E-state index is 0.0704. The molecule has 0 saturated carbocycles. The number of benzene rings is 2. The molecule has 0 spiro atoms. The highest BCUT2D eigenvalue weighted by atomic mass is 16.2. The van der Waals surface area contributed by atoms with Crippen LogP contribution in [0.15, 0.2) is 48.5 Å². The van der Waals surface area contributed by atoms with Crippen molar-refractivity contribution < 1.29 is 14.4 Å². The van der Waals surface area contributed by atoms with Crippen molar-refractivity contribution in [2.45, 2.75) is 12.8 Å². The number of nitrogens with zero attached hydrogens (tertiary/aromatic N) is 1. The van der Waals surface area contributed by atoms with Gasteiger partial charge in [-0.1, -0.05) is 12.1 Å². The summed E-state index contributed by atoms with van der Waals surface area (Å²) in [5.41, 5.74) is 2.99. The van der Waals surface area contributed by atoms with Gasteiger partial charge in [-0.15, -0.1) is 0 Å². The van der Waals surface area contributed by atoms with Crippen LogP contribution in [0, 0.1) is 0 Å². The summed E-state index contributed by atoms with van der Waals surface area (Å²) in [6.45, 7) is 0.0999. The van der Waals surface area contributed by atoms with Crippen LogP contribution in [0.1, 0.15) is 22.3 Å². The molecule has 0 aliphatic carbocycles. The van der Waals surface area contributed by atoms with Gasteiger partial charge >= 0.3 is 0 Å². The lowest BCUT2D eigenvalue weighted by atomic mass is 10.1. The number of carbonyl (C=O) groups excluding carboxylic acids is 3. The fourth-order valence-electron chi connectivity index (χ4n) is 2.55. The maximum absolute atomic E-state index is 12.2. The fourth-order valence-corrected chi connectivity index (χ4v) is 2.55. The van der Waals surface area contributed by atoms with Crippen molar-refractivity contribution in [1.82, 2.24) is 10.2 Å². The van der Waals surface area contributed by atoms with Crippen molar-refractivity contribution in [2.75, 3.05) is 38.3 Å². The summed E-state index contributed by atoms with van der Waals surface area (Å²) in [6, 6.07) is 14.4. The molecule has 148 valence electrons. The molecule has 7 nitrogen and oxygen atoms in total. The van der Waals surface area contributed by atoms with Crippen LogP contribution in [0.2, 0.25) is 0 Å². The Hall–Kier alpha value is -3.35. The molecule has 0 aromatic heterocycles. The zero-order valence-corrected chi connectivity index (χ0v) is 16.4. The minimum Gasteiger partial charge on any atom is -0.376 e. The zero-order chi connectivity index (χ0) is 20.5. The number of rotatable bonds is 8. The molecule has 7 heteroatoms. The SMILES string of the molecule is CNC(=O)c1ccc(NCC(=O)Nc2cccc(CCC(=O)N(C)C)c2)cc1. The number of aryl methyl sites for hydroxylation is 1. The standard InChI is InChI=1S/C21H26N4O3/c1-22-21(28)16-8-10-17(11-9-16)23-14-19(26)24-18-6-4-5-15(13-18)7-12-20(27)25(2)3/h4-6,8-11,13,23H,7,12,14H2,1-3H3,(H,22,28)(H,24,26). The number of hydrogen-bond acceptors (Lipinski definition) is 4. The van der Waals surface area contributed by atoms with E-state index in [1.54, 1.807) is 50.3 Å². The number of hydrogen-bond donors (Lipinski definition) is 3. The van der Waals surface area contributed by atoms with Crippen LogP contribution < -0.4 is 16.0 Å². The first-order chi connectivity index (χ1) is 13.4. The van der Waals surface area contributed by atoms with Gasteiger partial charge in [-0.3, -0.25) is 14.4 Å². The lowest BCUT2D eigenvalue weighted by Crippen LogP contribution is -2.22. The molecule has 0 atom stereocenters. The van der Waals surface area contributed by atoms with E-state index in [0.717, 1.165) is 11.3 Å². The monoisotopic (exact) mass is 382 g/mol. The summed E-state index contributed by atoms with van der Waals surface area (Å²) in [7, 11) is 5.05. The zero-order valence-electron chi connectivity index (χ0n) is 16.4. The first kappa shape index (κ1) is 21.0. The molecule has 0 unspecified atom stereocenters. The van der Waals surface area contributed by atoms with Gasteiger partial charge in [-0.2, -0.15) is 0 Å². The first-order valence-electron chi connectivity index (χ1n) is 9.04. The lowest BCUT2D eigenvalue weighted by Gasteiger charge is -2.11. The van der Waals surface area contributed by atoms with Gasteiger partial charge in [-0.25, -0.2) is 0 Å². The second-order valence-electron chi connectivity index (χ2n) is 6.55. The molecule has 0 bridgehead atoms. The topological polar surface area (TPSA) is 90.5 Å². The first-order valence-corrected chi connectivity index (χ1v) is 9.04. The Morgan fingerprint density at radius 3 is 2.32 bits per heavy atom. The molecular weight excluding hydrogens is 356 g/mol. The largest absolute Gasteiger partial charge is 0.376 e. The molecule has 0 aliphatic rings. The summed E-state index contributed by atoms with van der Waals surface area (Å²) in [5, 5.41) is 8.42. The highest BCUT2D eigenvalue weighted by Crippen LogP contribution is 2.13. The van der Waals surface area contributed by atoms with Gasteiger partial charge < -0.3 is 20.9 Å². The molecule has 0 heterocycles. The third-order valence-electron chi connectivity index (χ3n) is 4.16. The maximum Gasteiger partial charge on any atom is 0.251 e. The molecule has 0 saturated heterocycles. The van der Waals surface area contributed by atoms with E-state index >= 15 is 0 Å². The summed E-state index contributed by atoms with van der Waals surface area (Å²) in [5.74, 6) is -0.269. The highest BCUT2D eigenvalue weighted by molar-refractivity contribution is 5.95. The van der Waals surface area contributed by atoms with Crippen LogP contribution in [-0.2, 0) is 16.0 Å². The van der Waals surface area contributed by atoms with Gasteiger partial charge in [-0.05, 0) is 48.4 Å². The molecule has 2 aromatic carbocycles. The quantitative estimate of drug-likeness (QED) is 0.652. The average Bonchev–Trinajstić information content (AvgIpc) is 2.70. The molecule has 2 aromatic rings. The molecule has 0 aliphatic heterocycles. The number of carbonyl (C=O) groups is 3. The van der Waals surface area contributed by atoms with Gasteiger partial charge in [0.2, 0.25) is 11.8 Å². The second kappa shape index (κ2) is 10.1. The number of amides is 3. The van der Waals surface area contributed by atoms with Crippen molar-refractivity contribution in [2.24, 2.45) is 0 Å². The Morgan fingerprint density at radius 1 is 0.964 bits per heavy atom. The lowest BCUT2D eigenvalue weighted by molar-refractivity contribution is -0.128. The van der Waals surface area contributed by atoms with E-state index in [4.69, 9.17) is 0 Å². The Bertz CT molecular complexity index is 832. The smallest absolute Gasteiger partial charge is 0.251 e. The summed E-state index contributed by atoms with van der Waals surface area (Å²) >= 11 is 0. The van der Waals surface area contributed by atoms with E-state index in [-0.39, 0.29) is 24.3 Å². The molecule has 0 fully saturated rings. The number of anilines is 2. The van der Waals surface area contributed by atoms with Gasteiger partial charge in [0.25, 0.3) is 5.91 Å². The van der Waals surface area contributed by atoms with Crippen LogP contribution in [0.3, 0.4) is 0 Å². The van der Waals surface area contributed by atoms with Crippen molar-refractivity contribution in [3.05, 3.63) is 59.7 Å². The molecular formula is C21H26N4O3. The van der Waals surface area contributed by atoms with Gasteiger partial charge in [0.1, 0.15) is 0 Å². The van der Waals surface area contributed by atoms with E-state index in [2.05, 4.69) is 16.0 Å². The van der Waals surface area contributed by atoms with Crippen LogP contribution in [-0.4, -0.2) is 50.3 Å². The summed E-state index contributed by atoms with van der Waals surface area (Å²) in [4.78, 5) is 37.0. The predicted octanol–water partition coefficient (Wildman–Crippen LogP) is 2.12. The van der Waals surface area contributed by atoms with Gasteiger partial charge in [0.15, 0.2) is 0 Å². The van der Waals surface area contributed by atoms with Crippen molar-refractivity contribution in [3.8, 4) is 0 Å². The Labute approximate surface area is 165 Å². The number of nitrogens with one attached hydrogen (secondary N) is 3. The maximum atomic E-state index is 12.2. The van der Waals surface area contributed by atoms with Crippen LogP contribution in [0.5, 0.6) is 0 Å². The third kappa shape index (κ3) is 6.42. The second-order valence-corrected chi connectivity index (χ2v) is 6.55. The Kier molecular flexibility index (Phi) is 7.56. The normalized spacial score (nSPS) is 10.1. The molecule has 0 radical (unpaired) electrons. The summed E-state index contributed by atoms with van der Waals surface area (Å²) in [6.07, 6.45) is 1.05. The van der Waals surface area contributed by atoms with Crippen molar-refractivity contribution in [1.29, 1.82) is 0 Å². The molecule has 3 amide bonds. The van der Waals surface area contributed by atoms with E-state index in [1.807, 2.05) is 24.3 Å². The minimum atomic E-state index is -0.183. The van der Waals surface area contributed by atoms with Crippen LogP contribution in [0.25, 0.3) is 0 Å². The Balaban J connectivity index is 1.85. The molecule has 3 N–H and O–H groups in total. The molecule has 28 heavy (non-hydrogen) atoms. The van der Waals surface area contributed by atoms with E-state index in [9.17, 15) is 14.4 Å². The van der Waals surface area contributed by atoms with Gasteiger partial charge in [0, 0.05) is 44.5 Å². The van der Waals surface area contributed by atoms with E-state index < -0.39 is 0 Å². The Morgan fingerprint density at radius 2 is 1.68 bits per heavy atom. The van der Waals surface area contributed by atoms with Crippen molar-refractivity contribution in [3.63, 3.8) is 0 Å². The van der Waals surface area contributed by atoms with Crippen LogP contribution >= 0.6 is 0 Å². The average molecular weight is 382 g/mol. The predicted molar refractivity (Wildman–Crippen MR) is 110 cm³/mol. The van der Waals surface area contributed by atoms with E-state index in [0.29, 0.717) is 24.1 Å².